The highest BCUT2D eigenvalue weighted by Gasteiger charge is 1.67. The van der Waals surface area contributed by atoms with Gasteiger partial charge in [0.25, 0.3) is 0 Å². The van der Waals surface area contributed by atoms with Crippen molar-refractivity contribution < 1.29 is 9.84 Å². The van der Waals surface area contributed by atoms with Crippen molar-refractivity contribution in [2.75, 3.05) is 6.61 Å². The van der Waals surface area contributed by atoms with Crippen LogP contribution in [-0.2, 0) is 4.74 Å². The van der Waals surface area contributed by atoms with Crippen LogP contribution in [0.25, 0.3) is 0 Å². The van der Waals surface area contributed by atoms with Gasteiger partial charge in [-0.1, -0.05) is 6.92 Å². The van der Waals surface area contributed by atoms with Crippen molar-refractivity contribution >= 4 is 0 Å². The highest BCUT2D eigenvalue weighted by Crippen LogP contribution is 1.78. The third-order valence-electron chi connectivity index (χ3n) is 0.423. The van der Waals surface area contributed by atoms with E-state index in [0.29, 0.717) is 6.61 Å². The fourth-order valence-electron chi connectivity index (χ4n) is 0.190. The zero-order valence-electron chi connectivity index (χ0n) is 4.18. The Bertz CT molecular complexity index is 70.1. The minimum Gasteiger partial charge on any atom is -0.613 e. The first-order valence-corrected chi connectivity index (χ1v) is 2.03. The first-order chi connectivity index (χ1) is 3.31. The number of nitrogens with two attached hydrogens (primary N) is 1. The molecule has 0 atom stereocenters. The lowest BCUT2D eigenvalue weighted by molar-refractivity contribution is -0.356. The molecule has 2 N–H and O–H groups in total. The average molecular weight is 102 g/mol. The van der Waals surface area contributed by atoms with E-state index < -0.39 is 5.95 Å². The number of hydrogen-bond acceptors (Lipinski definition) is 3. The van der Waals surface area contributed by atoms with Gasteiger partial charge in [-0.3, -0.25) is 0 Å². The maximum atomic E-state index is 10.0. The summed E-state index contributed by atoms with van der Waals surface area (Å²) < 4.78 is 4.37. The molecule has 3 heteroatoms. The normalized spacial score (nSPS) is 11.3. The monoisotopic (exact) mass is 102 g/mol. The molecule has 0 bridgehead atoms. The van der Waals surface area contributed by atoms with Crippen molar-refractivity contribution in [3.05, 3.63) is 12.1 Å². The maximum absolute atomic E-state index is 10.0. The molecule has 42 valence electrons. The number of hydrogen-bond donors (Lipinski definition) is 1. The summed E-state index contributed by atoms with van der Waals surface area (Å²) in [7, 11) is 0. The molecule has 0 saturated heterocycles. The smallest absolute Gasteiger partial charge is 0.0672 e. The fraction of sp³-hybridized carbons (Fsp3) is 0.500. The van der Waals surface area contributed by atoms with E-state index in [2.05, 4.69) is 4.74 Å². The Morgan fingerprint density at radius 2 is 2.57 bits per heavy atom. The van der Waals surface area contributed by atoms with Crippen LogP contribution >= 0.6 is 0 Å². The van der Waals surface area contributed by atoms with Gasteiger partial charge in [-0.2, -0.15) is 0 Å². The summed E-state index contributed by atoms with van der Waals surface area (Å²) in [4.78, 5) is 0. The van der Waals surface area contributed by atoms with Crippen molar-refractivity contribution in [1.29, 1.82) is 0 Å². The molecule has 0 aliphatic heterocycles. The van der Waals surface area contributed by atoms with Crippen LogP contribution in [0.3, 0.4) is 0 Å². The molecule has 0 amide bonds. The van der Waals surface area contributed by atoms with Gasteiger partial charge in [-0.05, 0) is 6.61 Å². The minimum atomic E-state index is -0.470. The van der Waals surface area contributed by atoms with Crippen LogP contribution in [0, 0.1) is 0 Å². The summed E-state index contributed by atoms with van der Waals surface area (Å²) in [5.41, 5.74) is 4.76. The number of rotatable bonds is 2. The number of ether oxygens (including phenoxy) is 1. The maximum Gasteiger partial charge on any atom is 0.0672 e. The molecular weight excluding hydrogens is 94.0 g/mol. The lowest BCUT2D eigenvalue weighted by Crippen LogP contribution is -2.09. The van der Waals surface area contributed by atoms with E-state index in [-0.39, 0.29) is 0 Å². The van der Waals surface area contributed by atoms with E-state index in [0.717, 1.165) is 6.20 Å². The highest BCUT2D eigenvalue weighted by atomic mass is 16.6. The summed E-state index contributed by atoms with van der Waals surface area (Å²) in [6.07, 6.45) is 0.892. The third-order valence-corrected chi connectivity index (χ3v) is 0.423. The van der Waals surface area contributed by atoms with E-state index in [1.165, 1.54) is 0 Å². The second-order valence-electron chi connectivity index (χ2n) is 0.919. The predicted octanol–water partition coefficient (Wildman–Crippen LogP) is -0.859. The molecule has 0 aromatic heterocycles. The summed E-state index contributed by atoms with van der Waals surface area (Å²) >= 11 is 0. The SMILES string of the molecule is CCO/C([O-])=C\N. The largest absolute Gasteiger partial charge is 0.613 e. The molecular formula is C4H8NO2-. The summed E-state index contributed by atoms with van der Waals surface area (Å²) in [5, 5.41) is 10.0. The van der Waals surface area contributed by atoms with Crippen LogP contribution in [0.2, 0.25) is 0 Å². The molecule has 7 heavy (non-hydrogen) atoms. The van der Waals surface area contributed by atoms with Gasteiger partial charge in [0, 0.05) is 6.20 Å². The molecule has 0 aromatic carbocycles. The molecule has 0 heterocycles. The molecule has 0 fully saturated rings. The molecule has 0 rings (SSSR count). The standard InChI is InChI=1S/C4H9NO2/c1-2-7-4(6)3-5/h3,6H,2,5H2,1H3/p-1/b4-3-. The van der Waals surface area contributed by atoms with Crippen LogP contribution in [0.15, 0.2) is 12.1 Å². The van der Waals surface area contributed by atoms with E-state index in [9.17, 15) is 5.11 Å². The van der Waals surface area contributed by atoms with Crippen LogP contribution in [0.1, 0.15) is 6.92 Å². The van der Waals surface area contributed by atoms with Crippen LogP contribution in [-0.4, -0.2) is 6.61 Å². The summed E-state index contributed by atoms with van der Waals surface area (Å²) in [5.74, 6) is -0.470. The molecule has 0 aliphatic rings. The average Bonchev–Trinajstić information content (AvgIpc) is 1.68. The predicted molar refractivity (Wildman–Crippen MR) is 23.9 cm³/mol. The van der Waals surface area contributed by atoms with Gasteiger partial charge in [0.15, 0.2) is 0 Å². The van der Waals surface area contributed by atoms with Gasteiger partial charge in [-0.15, -0.1) is 0 Å². The van der Waals surface area contributed by atoms with Crippen molar-refractivity contribution in [1.82, 2.24) is 0 Å². The fourth-order valence-corrected chi connectivity index (χ4v) is 0.190. The third kappa shape index (κ3) is 2.96. The van der Waals surface area contributed by atoms with Gasteiger partial charge in [0.1, 0.15) is 0 Å². The highest BCUT2D eigenvalue weighted by molar-refractivity contribution is 4.71. The van der Waals surface area contributed by atoms with Crippen LogP contribution in [0.4, 0.5) is 0 Å². The molecule has 0 spiro atoms. The Morgan fingerprint density at radius 1 is 2.00 bits per heavy atom. The van der Waals surface area contributed by atoms with Gasteiger partial charge < -0.3 is 15.6 Å². The molecule has 0 aliphatic carbocycles. The van der Waals surface area contributed by atoms with Gasteiger partial charge >= 0.3 is 0 Å². The molecule has 3 nitrogen and oxygen atoms in total. The lowest BCUT2D eigenvalue weighted by atomic mass is 10.8. The first-order valence-electron chi connectivity index (χ1n) is 2.03. The van der Waals surface area contributed by atoms with Gasteiger partial charge in [-0.25, -0.2) is 0 Å². The Hall–Kier alpha value is -0.860. The van der Waals surface area contributed by atoms with Crippen molar-refractivity contribution in [3.8, 4) is 0 Å². The van der Waals surface area contributed by atoms with Crippen molar-refractivity contribution in [3.63, 3.8) is 0 Å². The Balaban J connectivity index is 3.17. The molecule has 0 aromatic rings. The minimum absolute atomic E-state index is 0.381. The van der Waals surface area contributed by atoms with Crippen molar-refractivity contribution in [2.24, 2.45) is 5.73 Å². The van der Waals surface area contributed by atoms with Crippen molar-refractivity contribution in [2.45, 2.75) is 6.92 Å². The summed E-state index contributed by atoms with van der Waals surface area (Å²) in [6, 6.07) is 0. The Kier molecular flexibility index (Phi) is 2.92. The Labute approximate surface area is 42.4 Å². The van der Waals surface area contributed by atoms with Crippen LogP contribution < -0.4 is 10.8 Å². The van der Waals surface area contributed by atoms with Crippen LogP contribution in [0.5, 0.6) is 0 Å². The van der Waals surface area contributed by atoms with Gasteiger partial charge in [0.05, 0.1) is 5.95 Å². The summed E-state index contributed by atoms with van der Waals surface area (Å²) in [6.45, 7) is 2.11. The molecule has 0 saturated carbocycles. The molecule has 0 unspecified atom stereocenters. The van der Waals surface area contributed by atoms with E-state index >= 15 is 0 Å². The first kappa shape index (κ1) is 6.14. The zero-order chi connectivity index (χ0) is 5.70. The quantitative estimate of drug-likeness (QED) is 0.461. The van der Waals surface area contributed by atoms with E-state index in [4.69, 9.17) is 5.73 Å². The van der Waals surface area contributed by atoms with E-state index in [1.54, 1.807) is 6.92 Å². The van der Waals surface area contributed by atoms with E-state index in [1.807, 2.05) is 0 Å². The second-order valence-corrected chi connectivity index (χ2v) is 0.919. The second kappa shape index (κ2) is 3.33. The van der Waals surface area contributed by atoms with Gasteiger partial charge in [0.2, 0.25) is 0 Å². The lowest BCUT2D eigenvalue weighted by Gasteiger charge is -2.09. The zero-order valence-corrected chi connectivity index (χ0v) is 4.18. The topological polar surface area (TPSA) is 58.3 Å². The Morgan fingerprint density at radius 3 is 2.71 bits per heavy atom. The molecule has 0 radical (unpaired) electrons.